The number of hydrogen-bond acceptors (Lipinski definition) is 4. The minimum absolute atomic E-state index is 0.485. The molecule has 1 aliphatic carbocycles. The van der Waals surface area contributed by atoms with Gasteiger partial charge in [-0.2, -0.15) is 4.98 Å². The average Bonchev–Trinajstić information content (AvgIpc) is 2.99. The van der Waals surface area contributed by atoms with Crippen molar-refractivity contribution in [3.8, 4) is 0 Å². The summed E-state index contributed by atoms with van der Waals surface area (Å²) in [6, 6.07) is 9.91. The zero-order valence-corrected chi connectivity index (χ0v) is 10.3. The predicted molar refractivity (Wildman–Crippen MR) is 70.6 cm³/mol. The fourth-order valence-corrected chi connectivity index (χ4v) is 2.79. The first-order valence-electron chi connectivity index (χ1n) is 6.75. The minimum atomic E-state index is 0.485. The summed E-state index contributed by atoms with van der Waals surface area (Å²) in [4.78, 5) is 7.05. The van der Waals surface area contributed by atoms with E-state index in [-0.39, 0.29) is 0 Å². The summed E-state index contributed by atoms with van der Waals surface area (Å²) in [5.41, 5.74) is 1.79. The van der Waals surface area contributed by atoms with Crippen LogP contribution in [0.4, 0.5) is 6.01 Å². The summed E-state index contributed by atoms with van der Waals surface area (Å²) >= 11 is 0. The van der Waals surface area contributed by atoms with Crippen LogP contribution in [-0.2, 0) is 0 Å². The molecule has 1 aromatic heterocycles. The Bertz CT molecular complexity index is 528. The van der Waals surface area contributed by atoms with Crippen molar-refractivity contribution in [2.45, 2.75) is 31.3 Å². The lowest BCUT2D eigenvalue weighted by atomic mass is 10.3. The lowest BCUT2D eigenvalue weighted by molar-refractivity contribution is 0.325. The Kier molecular flexibility index (Phi) is 2.30. The molecule has 4 nitrogen and oxygen atoms in total. The van der Waals surface area contributed by atoms with E-state index in [1.807, 2.05) is 24.3 Å². The highest BCUT2D eigenvalue weighted by atomic mass is 16.4. The third-order valence-corrected chi connectivity index (χ3v) is 3.90. The highest BCUT2D eigenvalue weighted by molar-refractivity contribution is 5.74. The van der Waals surface area contributed by atoms with Gasteiger partial charge in [0, 0.05) is 25.2 Å². The molecule has 2 aromatic rings. The van der Waals surface area contributed by atoms with E-state index in [9.17, 15) is 0 Å². The Balaban J connectivity index is 1.47. The second-order valence-electron chi connectivity index (χ2n) is 5.34. The molecule has 4 heteroatoms. The smallest absolute Gasteiger partial charge is 0.295 e. The largest absolute Gasteiger partial charge is 0.424 e. The van der Waals surface area contributed by atoms with Gasteiger partial charge in [0.05, 0.1) is 0 Å². The average molecular weight is 243 g/mol. The summed E-state index contributed by atoms with van der Waals surface area (Å²) in [6.45, 7) is 2.34. The van der Waals surface area contributed by atoms with Gasteiger partial charge in [-0.3, -0.25) is 4.90 Å². The van der Waals surface area contributed by atoms with Crippen LogP contribution in [0.3, 0.4) is 0 Å². The standard InChI is InChI=1S/C14H17N3O/c1-2-4-13-12(3-1)16-14(18-13)15-10-7-8-17(9-10)11-5-6-11/h1-4,10-11H,5-9H2,(H,15,16)/t10-/m1/s1. The van der Waals surface area contributed by atoms with Crippen LogP contribution >= 0.6 is 0 Å². The van der Waals surface area contributed by atoms with Crippen LogP contribution in [-0.4, -0.2) is 35.1 Å². The van der Waals surface area contributed by atoms with Gasteiger partial charge in [0.2, 0.25) is 0 Å². The molecule has 0 amide bonds. The van der Waals surface area contributed by atoms with Crippen molar-refractivity contribution in [2.24, 2.45) is 0 Å². The van der Waals surface area contributed by atoms with Gasteiger partial charge in [0.15, 0.2) is 5.58 Å². The molecular formula is C14H17N3O. The molecule has 0 bridgehead atoms. The molecule has 1 N–H and O–H groups in total. The van der Waals surface area contributed by atoms with Crippen LogP contribution in [0.15, 0.2) is 28.7 Å². The Labute approximate surface area is 106 Å². The Hall–Kier alpha value is -1.55. The minimum Gasteiger partial charge on any atom is -0.424 e. The molecule has 94 valence electrons. The van der Waals surface area contributed by atoms with Crippen molar-refractivity contribution in [1.82, 2.24) is 9.88 Å². The van der Waals surface area contributed by atoms with Crippen LogP contribution in [0.2, 0.25) is 0 Å². The maximum atomic E-state index is 5.70. The number of hydrogen-bond donors (Lipinski definition) is 1. The van der Waals surface area contributed by atoms with E-state index >= 15 is 0 Å². The maximum absolute atomic E-state index is 5.70. The van der Waals surface area contributed by atoms with Gasteiger partial charge in [0.25, 0.3) is 6.01 Å². The van der Waals surface area contributed by atoms with E-state index in [2.05, 4.69) is 15.2 Å². The number of anilines is 1. The van der Waals surface area contributed by atoms with Crippen molar-refractivity contribution in [1.29, 1.82) is 0 Å². The number of rotatable bonds is 3. The second kappa shape index (κ2) is 3.99. The molecular weight excluding hydrogens is 226 g/mol. The molecule has 1 saturated carbocycles. The molecule has 18 heavy (non-hydrogen) atoms. The summed E-state index contributed by atoms with van der Waals surface area (Å²) < 4.78 is 5.70. The van der Waals surface area contributed by atoms with Crippen molar-refractivity contribution < 1.29 is 4.42 Å². The normalized spacial score (nSPS) is 24.8. The van der Waals surface area contributed by atoms with Crippen LogP contribution in [0, 0.1) is 0 Å². The number of oxazole rings is 1. The van der Waals surface area contributed by atoms with Gasteiger partial charge in [0.1, 0.15) is 5.52 Å². The van der Waals surface area contributed by atoms with Gasteiger partial charge < -0.3 is 9.73 Å². The molecule has 1 aromatic carbocycles. The maximum Gasteiger partial charge on any atom is 0.295 e. The van der Waals surface area contributed by atoms with Crippen molar-refractivity contribution in [2.75, 3.05) is 18.4 Å². The first kappa shape index (κ1) is 10.4. The molecule has 1 aliphatic heterocycles. The van der Waals surface area contributed by atoms with Crippen LogP contribution in [0.25, 0.3) is 11.1 Å². The third-order valence-electron chi connectivity index (χ3n) is 3.90. The number of nitrogens with one attached hydrogen (secondary N) is 1. The van der Waals surface area contributed by atoms with Crippen molar-refractivity contribution in [3.05, 3.63) is 24.3 Å². The van der Waals surface area contributed by atoms with Crippen LogP contribution in [0.1, 0.15) is 19.3 Å². The summed E-state index contributed by atoms with van der Waals surface area (Å²) in [6.07, 6.45) is 3.96. The molecule has 0 unspecified atom stereocenters. The molecule has 2 fully saturated rings. The highest BCUT2D eigenvalue weighted by Crippen LogP contribution is 2.30. The SMILES string of the molecule is c1ccc2oc(N[C@@H]3CCN(C4CC4)C3)nc2c1. The first-order chi connectivity index (χ1) is 8.88. The number of likely N-dealkylation sites (tertiary alicyclic amines) is 1. The number of para-hydroxylation sites is 2. The molecule has 2 heterocycles. The van der Waals surface area contributed by atoms with Crippen molar-refractivity contribution >= 4 is 17.1 Å². The van der Waals surface area contributed by atoms with Crippen LogP contribution < -0.4 is 5.32 Å². The van der Waals surface area contributed by atoms with E-state index in [1.165, 1.54) is 25.8 Å². The van der Waals surface area contributed by atoms with Crippen molar-refractivity contribution in [3.63, 3.8) is 0 Å². The molecule has 1 atom stereocenters. The lowest BCUT2D eigenvalue weighted by Crippen LogP contribution is -2.27. The molecule has 4 rings (SSSR count). The van der Waals surface area contributed by atoms with Gasteiger partial charge in [-0.1, -0.05) is 12.1 Å². The van der Waals surface area contributed by atoms with Gasteiger partial charge in [-0.15, -0.1) is 0 Å². The van der Waals surface area contributed by atoms with E-state index in [4.69, 9.17) is 4.42 Å². The van der Waals surface area contributed by atoms with Gasteiger partial charge in [-0.25, -0.2) is 0 Å². The molecule has 0 spiro atoms. The highest BCUT2D eigenvalue weighted by Gasteiger charge is 2.34. The zero-order valence-electron chi connectivity index (χ0n) is 10.3. The summed E-state index contributed by atoms with van der Waals surface area (Å²) in [5, 5.41) is 3.42. The topological polar surface area (TPSA) is 41.3 Å². The number of fused-ring (bicyclic) bond motifs is 1. The molecule has 1 saturated heterocycles. The Morgan fingerprint density at radius 3 is 2.94 bits per heavy atom. The van der Waals surface area contributed by atoms with Crippen LogP contribution in [0.5, 0.6) is 0 Å². The van der Waals surface area contributed by atoms with E-state index < -0.39 is 0 Å². The van der Waals surface area contributed by atoms with E-state index in [0.717, 1.165) is 23.7 Å². The predicted octanol–water partition coefficient (Wildman–Crippen LogP) is 2.48. The zero-order chi connectivity index (χ0) is 11.9. The number of aromatic nitrogens is 1. The fourth-order valence-electron chi connectivity index (χ4n) is 2.79. The number of nitrogens with zero attached hydrogens (tertiary/aromatic N) is 2. The quantitative estimate of drug-likeness (QED) is 0.899. The second-order valence-corrected chi connectivity index (χ2v) is 5.34. The third kappa shape index (κ3) is 1.86. The van der Waals surface area contributed by atoms with Gasteiger partial charge >= 0.3 is 0 Å². The fraction of sp³-hybridized carbons (Fsp3) is 0.500. The Morgan fingerprint density at radius 2 is 2.11 bits per heavy atom. The summed E-state index contributed by atoms with van der Waals surface area (Å²) in [5.74, 6) is 0. The summed E-state index contributed by atoms with van der Waals surface area (Å²) in [7, 11) is 0. The molecule has 0 radical (unpaired) electrons. The number of benzene rings is 1. The van der Waals surface area contributed by atoms with Gasteiger partial charge in [-0.05, 0) is 31.4 Å². The van der Waals surface area contributed by atoms with E-state index in [1.54, 1.807) is 0 Å². The first-order valence-corrected chi connectivity index (χ1v) is 6.75. The monoisotopic (exact) mass is 243 g/mol. The lowest BCUT2D eigenvalue weighted by Gasteiger charge is -2.14. The molecule has 2 aliphatic rings. The van der Waals surface area contributed by atoms with E-state index in [0.29, 0.717) is 12.1 Å². The Morgan fingerprint density at radius 1 is 1.22 bits per heavy atom.